The summed E-state index contributed by atoms with van der Waals surface area (Å²) < 4.78 is 10.6. The van der Waals surface area contributed by atoms with Crippen LogP contribution in [0.2, 0.25) is 0 Å². The lowest BCUT2D eigenvalue weighted by Gasteiger charge is -2.22. The van der Waals surface area contributed by atoms with Crippen LogP contribution in [0.5, 0.6) is 0 Å². The van der Waals surface area contributed by atoms with Gasteiger partial charge in [0.2, 0.25) is 0 Å². The Labute approximate surface area is 221 Å². The van der Waals surface area contributed by atoms with Gasteiger partial charge in [-0.3, -0.25) is 9.59 Å². The van der Waals surface area contributed by atoms with Gasteiger partial charge >= 0.3 is 11.9 Å². The average molecular weight is 515 g/mol. The van der Waals surface area contributed by atoms with Gasteiger partial charge in [-0.1, -0.05) is 51.4 Å². The molecule has 214 valence electrons. The van der Waals surface area contributed by atoms with Gasteiger partial charge in [0.1, 0.15) is 23.3 Å². The number of ether oxygens (including phenoxy) is 2. The number of esters is 2. The fraction of sp³-hybridized carbons (Fsp3) is 0.929. The van der Waals surface area contributed by atoms with Crippen molar-refractivity contribution in [2.75, 3.05) is 0 Å². The molecule has 4 unspecified atom stereocenters. The van der Waals surface area contributed by atoms with Gasteiger partial charge in [-0.2, -0.15) is 0 Å². The van der Waals surface area contributed by atoms with Gasteiger partial charge in [0, 0.05) is 12.1 Å². The number of hydrogen-bond acceptors (Lipinski definition) is 8. The van der Waals surface area contributed by atoms with Crippen molar-refractivity contribution in [1.82, 2.24) is 0 Å². The second kappa shape index (κ2) is 18.1. The minimum atomic E-state index is -0.598. The molecule has 0 aromatic carbocycles. The Kier molecular flexibility index (Phi) is 17.5. The third-order valence-electron chi connectivity index (χ3n) is 6.02. The molecule has 0 amide bonds. The molecule has 0 saturated carbocycles. The van der Waals surface area contributed by atoms with Crippen molar-refractivity contribution in [2.45, 2.75) is 167 Å². The molecule has 0 aliphatic rings. The average Bonchev–Trinajstić information content (AvgIpc) is 2.74. The number of carbonyl (C=O) groups excluding carboxylic acids is 2. The van der Waals surface area contributed by atoms with Crippen LogP contribution in [0.4, 0.5) is 0 Å². The minimum Gasteiger partial charge on any atom is -0.459 e. The second-order valence-electron chi connectivity index (χ2n) is 12.4. The monoisotopic (exact) mass is 514 g/mol. The van der Waals surface area contributed by atoms with Crippen LogP contribution in [-0.4, -0.2) is 47.3 Å². The van der Waals surface area contributed by atoms with Gasteiger partial charge in [-0.05, 0) is 80.1 Å². The molecular weight excluding hydrogens is 456 g/mol. The topological polar surface area (TPSA) is 157 Å². The molecule has 8 nitrogen and oxygen atoms in total. The molecule has 0 heterocycles. The molecule has 0 aliphatic carbocycles. The molecule has 8 heteroatoms. The van der Waals surface area contributed by atoms with Crippen molar-refractivity contribution in [1.29, 1.82) is 0 Å². The third kappa shape index (κ3) is 20.9. The fourth-order valence-electron chi connectivity index (χ4n) is 3.94. The third-order valence-corrected chi connectivity index (χ3v) is 6.02. The first-order chi connectivity index (χ1) is 16.6. The van der Waals surface area contributed by atoms with Gasteiger partial charge < -0.3 is 32.4 Å². The molecule has 0 fully saturated rings. The lowest BCUT2D eigenvalue weighted by Crippen LogP contribution is -2.38. The van der Waals surface area contributed by atoms with Crippen LogP contribution >= 0.6 is 0 Å². The van der Waals surface area contributed by atoms with Crippen LogP contribution < -0.4 is 22.9 Å². The highest BCUT2D eigenvalue weighted by Crippen LogP contribution is 2.16. The van der Waals surface area contributed by atoms with E-state index in [1.807, 2.05) is 41.5 Å². The maximum absolute atomic E-state index is 11.9. The summed E-state index contributed by atoms with van der Waals surface area (Å²) in [4.78, 5) is 23.9. The highest BCUT2D eigenvalue weighted by Gasteiger charge is 2.23. The van der Waals surface area contributed by atoms with Crippen molar-refractivity contribution < 1.29 is 19.1 Å². The summed E-state index contributed by atoms with van der Waals surface area (Å²) in [5.74, 6) is -0.696. The largest absolute Gasteiger partial charge is 0.459 e. The summed E-state index contributed by atoms with van der Waals surface area (Å²) in [6.45, 7) is 11.1. The molecule has 0 bridgehead atoms. The number of rotatable bonds is 19. The predicted octanol–water partition coefficient (Wildman–Crippen LogP) is 4.44. The lowest BCUT2D eigenvalue weighted by molar-refractivity contribution is -0.157. The SMILES string of the molecule is CC(C)(C)OC(=O)C(N)CCC(N)CCCCCCCCCCC(N)CCC(N)C(=O)OC(C)(C)C. The van der Waals surface area contributed by atoms with Gasteiger partial charge in [0.15, 0.2) is 0 Å². The van der Waals surface area contributed by atoms with Crippen molar-refractivity contribution in [3.63, 3.8) is 0 Å². The van der Waals surface area contributed by atoms with Crippen LogP contribution in [0.3, 0.4) is 0 Å². The van der Waals surface area contributed by atoms with Crippen LogP contribution in [0.15, 0.2) is 0 Å². The Hall–Kier alpha value is -1.22. The molecule has 0 saturated heterocycles. The zero-order valence-electron chi connectivity index (χ0n) is 24.2. The number of hydrogen-bond donors (Lipinski definition) is 4. The van der Waals surface area contributed by atoms with Crippen molar-refractivity contribution in [3.05, 3.63) is 0 Å². The van der Waals surface area contributed by atoms with E-state index in [2.05, 4.69) is 0 Å². The first-order valence-corrected chi connectivity index (χ1v) is 14.1. The van der Waals surface area contributed by atoms with Gasteiger partial charge in [-0.15, -0.1) is 0 Å². The van der Waals surface area contributed by atoms with Gasteiger partial charge in [0.05, 0.1) is 0 Å². The van der Waals surface area contributed by atoms with Crippen LogP contribution in [-0.2, 0) is 19.1 Å². The Bertz CT molecular complexity index is 549. The molecule has 4 atom stereocenters. The second-order valence-corrected chi connectivity index (χ2v) is 12.4. The summed E-state index contributed by atoms with van der Waals surface area (Å²) in [6, 6.07) is -1.03. The van der Waals surface area contributed by atoms with Crippen LogP contribution in [0.25, 0.3) is 0 Å². The maximum Gasteiger partial charge on any atom is 0.323 e. The van der Waals surface area contributed by atoms with Crippen LogP contribution in [0, 0.1) is 0 Å². The van der Waals surface area contributed by atoms with E-state index in [0.29, 0.717) is 12.8 Å². The van der Waals surface area contributed by atoms with E-state index in [1.165, 1.54) is 38.5 Å². The summed E-state index contributed by atoms with van der Waals surface area (Å²) >= 11 is 0. The fourth-order valence-corrected chi connectivity index (χ4v) is 3.94. The maximum atomic E-state index is 11.9. The molecular formula is C28H58N4O4. The van der Waals surface area contributed by atoms with E-state index < -0.39 is 23.3 Å². The lowest BCUT2D eigenvalue weighted by atomic mass is 9.99. The number of unbranched alkanes of at least 4 members (excludes halogenated alkanes) is 7. The van der Waals surface area contributed by atoms with E-state index in [-0.39, 0.29) is 24.0 Å². The normalized spacial score (nSPS) is 15.7. The van der Waals surface area contributed by atoms with Crippen molar-refractivity contribution in [3.8, 4) is 0 Å². The summed E-state index contributed by atoms with van der Waals surface area (Å²) in [5.41, 5.74) is 23.2. The molecule has 8 N–H and O–H groups in total. The number of carbonyl (C=O) groups is 2. The molecule has 0 aromatic rings. The standard InChI is InChI=1S/C28H58N4O4/c1-27(2,3)35-25(33)23(31)19-17-21(29)15-13-11-9-7-8-10-12-14-16-22(30)18-20-24(32)26(34)36-28(4,5)6/h21-24H,7-20,29-32H2,1-6H3. The Balaban J connectivity index is 3.64. The summed E-state index contributed by atoms with van der Waals surface area (Å²) in [6.07, 6.45) is 14.1. The smallest absolute Gasteiger partial charge is 0.323 e. The van der Waals surface area contributed by atoms with Gasteiger partial charge in [-0.25, -0.2) is 0 Å². The minimum absolute atomic E-state index is 0.0846. The van der Waals surface area contributed by atoms with E-state index >= 15 is 0 Å². The quantitative estimate of drug-likeness (QED) is 0.145. The molecule has 0 rings (SSSR count). The van der Waals surface area contributed by atoms with Gasteiger partial charge in [0.25, 0.3) is 0 Å². The first-order valence-electron chi connectivity index (χ1n) is 14.1. The molecule has 0 spiro atoms. The van der Waals surface area contributed by atoms with Crippen molar-refractivity contribution in [2.24, 2.45) is 22.9 Å². The molecule has 0 aliphatic heterocycles. The summed E-state index contributed by atoms with van der Waals surface area (Å²) in [7, 11) is 0. The molecule has 36 heavy (non-hydrogen) atoms. The Morgan fingerprint density at radius 1 is 0.500 bits per heavy atom. The first kappa shape index (κ1) is 34.8. The predicted molar refractivity (Wildman–Crippen MR) is 148 cm³/mol. The highest BCUT2D eigenvalue weighted by molar-refractivity contribution is 5.76. The van der Waals surface area contributed by atoms with E-state index in [1.54, 1.807) is 0 Å². The Morgan fingerprint density at radius 2 is 0.778 bits per heavy atom. The van der Waals surface area contributed by atoms with Crippen molar-refractivity contribution >= 4 is 11.9 Å². The van der Waals surface area contributed by atoms with E-state index in [9.17, 15) is 9.59 Å². The van der Waals surface area contributed by atoms with Crippen LogP contribution in [0.1, 0.15) is 131 Å². The highest BCUT2D eigenvalue weighted by atomic mass is 16.6. The zero-order chi connectivity index (χ0) is 27.8. The molecule has 0 radical (unpaired) electrons. The Morgan fingerprint density at radius 3 is 1.06 bits per heavy atom. The van der Waals surface area contributed by atoms with E-state index in [0.717, 1.165) is 38.5 Å². The summed E-state index contributed by atoms with van der Waals surface area (Å²) in [5, 5.41) is 0. The zero-order valence-corrected chi connectivity index (χ0v) is 24.2. The van der Waals surface area contributed by atoms with E-state index in [4.69, 9.17) is 32.4 Å². The number of nitrogens with two attached hydrogens (primary N) is 4. The molecule has 0 aromatic heterocycles.